The third-order valence-electron chi connectivity index (χ3n) is 8.15. The highest BCUT2D eigenvalue weighted by Crippen LogP contribution is 2.41. The zero-order valence-electron chi connectivity index (χ0n) is 23.2. The van der Waals surface area contributed by atoms with Gasteiger partial charge in [-0.3, -0.25) is 4.79 Å². The predicted molar refractivity (Wildman–Crippen MR) is 144 cm³/mol. The number of likely N-dealkylation sites (N-methyl/N-ethyl adjacent to an activating group) is 1. The lowest BCUT2D eigenvalue weighted by Crippen LogP contribution is -2.55. The zero-order valence-corrected chi connectivity index (χ0v) is 23.2. The van der Waals surface area contributed by atoms with Gasteiger partial charge in [0.25, 0.3) is 5.91 Å². The van der Waals surface area contributed by atoms with Crippen LogP contribution in [0.5, 0.6) is 6.01 Å². The van der Waals surface area contributed by atoms with Crippen LogP contribution in [-0.2, 0) is 28.7 Å². The molecular weight excluding hydrogens is 556 g/mol. The first-order valence-corrected chi connectivity index (χ1v) is 13.8. The van der Waals surface area contributed by atoms with Crippen molar-refractivity contribution in [3.05, 3.63) is 59.1 Å². The van der Waals surface area contributed by atoms with E-state index < -0.39 is 35.6 Å². The summed E-state index contributed by atoms with van der Waals surface area (Å²) < 4.78 is 67.1. The quantitative estimate of drug-likeness (QED) is 0.351. The molecule has 2 fully saturated rings. The molecule has 0 spiro atoms. The molecule has 4 heterocycles. The number of aromatic nitrogens is 2. The molecule has 2 aromatic rings. The lowest BCUT2D eigenvalue weighted by Gasteiger charge is -2.42. The summed E-state index contributed by atoms with van der Waals surface area (Å²) in [6.45, 7) is 4.94. The molecule has 2 unspecified atom stereocenters. The maximum absolute atomic E-state index is 13.8. The Labute approximate surface area is 241 Å². The second kappa shape index (κ2) is 12.2. The summed E-state index contributed by atoms with van der Waals surface area (Å²) >= 11 is 0. The van der Waals surface area contributed by atoms with Crippen LogP contribution in [0.25, 0.3) is 0 Å². The van der Waals surface area contributed by atoms with Gasteiger partial charge in [-0.1, -0.05) is 24.8 Å². The molecular formula is C29H32F4N6O3. The third kappa shape index (κ3) is 6.19. The van der Waals surface area contributed by atoms with Crippen LogP contribution in [0.1, 0.15) is 47.8 Å². The Morgan fingerprint density at radius 3 is 2.69 bits per heavy atom. The molecule has 1 aromatic carbocycles. The Balaban J connectivity index is 1.47. The summed E-state index contributed by atoms with van der Waals surface area (Å²) in [5, 5.41) is 9.39. The number of fused-ring (bicyclic) bond motifs is 1. The molecule has 3 atom stereocenters. The number of piperazine rings is 1. The number of ether oxygens (including phenoxy) is 2. The van der Waals surface area contributed by atoms with E-state index in [0.717, 1.165) is 25.5 Å². The average molecular weight is 589 g/mol. The predicted octanol–water partition coefficient (Wildman–Crippen LogP) is 4.20. The van der Waals surface area contributed by atoms with Gasteiger partial charge in [0.05, 0.1) is 42.5 Å². The van der Waals surface area contributed by atoms with Crippen LogP contribution < -0.4 is 9.64 Å². The van der Waals surface area contributed by atoms with Crippen LogP contribution in [0.15, 0.2) is 36.7 Å². The fraction of sp³-hybridized carbons (Fsp3) is 0.517. The van der Waals surface area contributed by atoms with Crippen molar-refractivity contribution in [2.24, 2.45) is 0 Å². The lowest BCUT2D eigenvalue weighted by molar-refractivity contribution is -0.139. The van der Waals surface area contributed by atoms with Crippen molar-refractivity contribution in [1.82, 2.24) is 19.8 Å². The molecule has 13 heteroatoms. The topological polar surface area (TPSA) is 94.8 Å². The molecule has 0 saturated carbocycles. The van der Waals surface area contributed by atoms with Gasteiger partial charge in [-0.25, -0.2) is 4.39 Å². The SMILES string of the molecule is C=C(F)C(=O)N1CCN(c2nc(OC[C@@H]3CCCN3C)nc3c2COC(c2ccccc2C(F)(F)F)C3)CC1CC#N. The van der Waals surface area contributed by atoms with Crippen molar-refractivity contribution >= 4 is 11.7 Å². The normalized spacial score (nSPS) is 22.9. The van der Waals surface area contributed by atoms with E-state index in [4.69, 9.17) is 9.47 Å². The molecule has 224 valence electrons. The van der Waals surface area contributed by atoms with Crippen molar-refractivity contribution in [2.45, 2.75) is 56.7 Å². The fourth-order valence-corrected chi connectivity index (χ4v) is 5.90. The molecule has 3 aliphatic rings. The van der Waals surface area contributed by atoms with E-state index in [1.807, 2.05) is 11.9 Å². The molecule has 0 bridgehead atoms. The summed E-state index contributed by atoms with van der Waals surface area (Å²) in [6, 6.07) is 7.05. The summed E-state index contributed by atoms with van der Waals surface area (Å²) in [6.07, 6.45) is -3.39. The van der Waals surface area contributed by atoms with E-state index in [2.05, 4.69) is 27.5 Å². The maximum atomic E-state index is 13.8. The van der Waals surface area contributed by atoms with Gasteiger partial charge >= 0.3 is 12.2 Å². The third-order valence-corrected chi connectivity index (χ3v) is 8.15. The molecule has 9 nitrogen and oxygen atoms in total. The lowest BCUT2D eigenvalue weighted by atomic mass is 9.95. The molecule has 42 heavy (non-hydrogen) atoms. The molecule has 2 saturated heterocycles. The summed E-state index contributed by atoms with van der Waals surface area (Å²) in [5.74, 6) is -1.50. The number of likely N-dealkylation sites (tertiary alicyclic amines) is 1. The molecule has 0 N–H and O–H groups in total. The van der Waals surface area contributed by atoms with E-state index in [0.29, 0.717) is 23.7 Å². The molecule has 1 amide bonds. The summed E-state index contributed by atoms with van der Waals surface area (Å²) in [5.41, 5.74) is 0.378. The van der Waals surface area contributed by atoms with Gasteiger partial charge in [-0.05, 0) is 38.1 Å². The summed E-state index contributed by atoms with van der Waals surface area (Å²) in [4.78, 5) is 27.1. The smallest absolute Gasteiger partial charge is 0.416 e. The first kappa shape index (κ1) is 29.7. The Morgan fingerprint density at radius 2 is 2.00 bits per heavy atom. The van der Waals surface area contributed by atoms with E-state index in [-0.39, 0.29) is 56.7 Å². The molecule has 1 aromatic heterocycles. The minimum atomic E-state index is -4.55. The monoisotopic (exact) mass is 588 g/mol. The molecule has 5 rings (SSSR count). The van der Waals surface area contributed by atoms with Crippen LogP contribution in [0, 0.1) is 11.3 Å². The number of halogens is 4. The van der Waals surface area contributed by atoms with Crippen LogP contribution in [-0.4, -0.2) is 77.6 Å². The first-order valence-electron chi connectivity index (χ1n) is 13.8. The second-order valence-corrected chi connectivity index (χ2v) is 10.8. The van der Waals surface area contributed by atoms with Crippen LogP contribution >= 0.6 is 0 Å². The number of hydrogen-bond donors (Lipinski definition) is 0. The number of alkyl halides is 3. The highest BCUT2D eigenvalue weighted by molar-refractivity contribution is 5.91. The Morgan fingerprint density at radius 1 is 1.21 bits per heavy atom. The minimum Gasteiger partial charge on any atom is -0.462 e. The van der Waals surface area contributed by atoms with E-state index in [1.54, 1.807) is 6.07 Å². The van der Waals surface area contributed by atoms with Crippen LogP contribution in [0.4, 0.5) is 23.4 Å². The van der Waals surface area contributed by atoms with Crippen molar-refractivity contribution in [2.75, 3.05) is 44.7 Å². The largest absolute Gasteiger partial charge is 0.462 e. The maximum Gasteiger partial charge on any atom is 0.416 e. The molecule has 0 aliphatic carbocycles. The standard InChI is InChI=1S/C29H32F4N6O3/c1-18(30)27(40)39-13-12-38(15-19(39)9-10-34)26-22-17-41-25(21-7-3-4-8-23(21)29(31,32)33)14-24(22)35-28(36-26)42-16-20-6-5-11-37(20)2/h3-4,7-8,19-20,25H,1,5-6,9,11-17H2,2H3/t19?,20-,25?/m0/s1. The Kier molecular flexibility index (Phi) is 8.65. The van der Waals surface area contributed by atoms with Gasteiger partial charge in [0.1, 0.15) is 12.4 Å². The average Bonchev–Trinajstić information content (AvgIpc) is 3.39. The van der Waals surface area contributed by atoms with Gasteiger partial charge in [-0.15, -0.1) is 0 Å². The van der Waals surface area contributed by atoms with Crippen molar-refractivity contribution in [3.63, 3.8) is 0 Å². The minimum absolute atomic E-state index is 0.0264. The fourth-order valence-electron chi connectivity index (χ4n) is 5.90. The highest BCUT2D eigenvalue weighted by Gasteiger charge is 2.39. The Bertz CT molecular complexity index is 1380. The number of carbonyl (C=O) groups excluding carboxylic acids is 1. The first-order chi connectivity index (χ1) is 20.1. The number of rotatable bonds is 7. The number of amides is 1. The van der Waals surface area contributed by atoms with Crippen LogP contribution in [0.2, 0.25) is 0 Å². The Hall–Kier alpha value is -3.76. The van der Waals surface area contributed by atoms with Crippen molar-refractivity contribution in [3.8, 4) is 12.1 Å². The zero-order chi connectivity index (χ0) is 30.0. The number of nitriles is 1. The van der Waals surface area contributed by atoms with Gasteiger partial charge in [-0.2, -0.15) is 28.4 Å². The van der Waals surface area contributed by atoms with Gasteiger partial charge in [0, 0.05) is 37.7 Å². The van der Waals surface area contributed by atoms with Gasteiger partial charge in [0.2, 0.25) is 0 Å². The van der Waals surface area contributed by atoms with Crippen molar-refractivity contribution < 1.29 is 31.8 Å². The molecule has 3 aliphatic heterocycles. The van der Waals surface area contributed by atoms with E-state index in [1.165, 1.54) is 17.0 Å². The number of carbonyl (C=O) groups is 1. The van der Waals surface area contributed by atoms with E-state index >= 15 is 0 Å². The number of hydrogen-bond acceptors (Lipinski definition) is 8. The summed E-state index contributed by atoms with van der Waals surface area (Å²) in [7, 11) is 2.02. The number of nitrogens with zero attached hydrogens (tertiary/aromatic N) is 6. The highest BCUT2D eigenvalue weighted by atomic mass is 19.4. The second-order valence-electron chi connectivity index (χ2n) is 10.8. The van der Waals surface area contributed by atoms with E-state index in [9.17, 15) is 27.6 Å². The van der Waals surface area contributed by atoms with Gasteiger partial charge < -0.3 is 24.2 Å². The number of benzene rings is 1. The molecule has 0 radical (unpaired) electrons. The van der Waals surface area contributed by atoms with Crippen LogP contribution in [0.3, 0.4) is 0 Å². The van der Waals surface area contributed by atoms with Gasteiger partial charge in [0.15, 0.2) is 5.83 Å². The van der Waals surface area contributed by atoms with Crippen molar-refractivity contribution in [1.29, 1.82) is 5.26 Å². The number of anilines is 1.